The Morgan fingerprint density at radius 1 is 1.00 bits per heavy atom. The third-order valence-electron chi connectivity index (χ3n) is 5.91. The van der Waals surface area contributed by atoms with Crippen molar-refractivity contribution in [3.05, 3.63) is 59.7 Å². The number of hydrogen-bond acceptors (Lipinski definition) is 5. The van der Waals surface area contributed by atoms with Crippen LogP contribution in [-0.4, -0.2) is 54.9 Å². The van der Waals surface area contributed by atoms with E-state index in [1.165, 1.54) is 0 Å². The van der Waals surface area contributed by atoms with Gasteiger partial charge < -0.3 is 30.1 Å². The molecule has 0 saturated carbocycles. The number of carbonyl (C=O) groups is 1. The number of nitrogens with one attached hydrogen (secondary N) is 2. The molecule has 3 N–H and O–H groups in total. The van der Waals surface area contributed by atoms with Crippen LogP contribution < -0.4 is 20.1 Å². The summed E-state index contributed by atoms with van der Waals surface area (Å²) in [5, 5.41) is 17.2. The summed E-state index contributed by atoms with van der Waals surface area (Å²) in [6.45, 7) is 5.50. The fourth-order valence-corrected chi connectivity index (χ4v) is 4.18. The Balaban J connectivity index is 1.46. The van der Waals surface area contributed by atoms with Crippen LogP contribution in [-0.2, 0) is 0 Å². The Morgan fingerprint density at radius 3 is 2.45 bits per heavy atom. The van der Waals surface area contributed by atoms with Gasteiger partial charge in [-0.05, 0) is 56.1 Å². The monoisotopic (exact) mass is 425 g/mol. The minimum Gasteiger partial charge on any atom is -0.486 e. The Labute approximate surface area is 183 Å². The number of aliphatic hydroxyl groups excluding tert-OH is 1. The Hall–Kier alpha value is -2.77. The molecule has 0 radical (unpaired) electrons. The summed E-state index contributed by atoms with van der Waals surface area (Å²) >= 11 is 0. The van der Waals surface area contributed by atoms with Crippen LogP contribution in [0.4, 0.5) is 4.79 Å². The lowest BCUT2D eigenvalue weighted by Crippen LogP contribution is -2.50. The van der Waals surface area contributed by atoms with E-state index in [2.05, 4.69) is 15.5 Å². The number of rotatable bonds is 7. The highest BCUT2D eigenvalue weighted by Crippen LogP contribution is 2.33. The zero-order valence-electron chi connectivity index (χ0n) is 17.9. The molecule has 1 fully saturated rings. The first kappa shape index (κ1) is 21.5. The van der Waals surface area contributed by atoms with E-state index < -0.39 is 12.1 Å². The van der Waals surface area contributed by atoms with Crippen LogP contribution >= 0.6 is 0 Å². The first-order chi connectivity index (χ1) is 15.1. The van der Waals surface area contributed by atoms with Crippen LogP contribution in [0.2, 0.25) is 0 Å². The largest absolute Gasteiger partial charge is 0.486 e. The fourth-order valence-electron chi connectivity index (χ4n) is 4.18. The number of carbonyl (C=O) groups excluding carboxylic acids is 1. The average molecular weight is 426 g/mol. The van der Waals surface area contributed by atoms with E-state index >= 15 is 0 Å². The van der Waals surface area contributed by atoms with Crippen molar-refractivity contribution in [1.82, 2.24) is 15.5 Å². The van der Waals surface area contributed by atoms with Crippen molar-refractivity contribution in [3.63, 3.8) is 0 Å². The first-order valence-corrected chi connectivity index (χ1v) is 11.0. The van der Waals surface area contributed by atoms with Gasteiger partial charge in [-0.15, -0.1) is 0 Å². The molecule has 1 saturated heterocycles. The third kappa shape index (κ3) is 5.48. The zero-order chi connectivity index (χ0) is 21.6. The molecule has 0 aliphatic carbocycles. The van der Waals surface area contributed by atoms with E-state index in [9.17, 15) is 9.90 Å². The smallest absolute Gasteiger partial charge is 0.315 e. The molecule has 4 rings (SSSR count). The Bertz CT molecular complexity index is 870. The molecule has 2 aromatic carbocycles. The van der Waals surface area contributed by atoms with Gasteiger partial charge in [-0.3, -0.25) is 0 Å². The zero-order valence-corrected chi connectivity index (χ0v) is 17.9. The predicted octanol–water partition coefficient (Wildman–Crippen LogP) is 3.02. The molecule has 7 nitrogen and oxygen atoms in total. The fraction of sp³-hybridized carbons (Fsp3) is 0.458. The highest BCUT2D eigenvalue weighted by atomic mass is 16.6. The molecule has 2 heterocycles. The second-order valence-corrected chi connectivity index (χ2v) is 8.21. The van der Waals surface area contributed by atoms with Gasteiger partial charge in [-0.25, -0.2) is 4.79 Å². The minimum absolute atomic E-state index is 0.139. The quantitative estimate of drug-likeness (QED) is 0.635. The van der Waals surface area contributed by atoms with Crippen LogP contribution in [0.5, 0.6) is 11.5 Å². The maximum atomic E-state index is 12.8. The van der Waals surface area contributed by atoms with Crippen molar-refractivity contribution in [2.45, 2.75) is 38.0 Å². The first-order valence-electron chi connectivity index (χ1n) is 11.0. The number of likely N-dealkylation sites (tertiary alicyclic amines) is 1. The van der Waals surface area contributed by atoms with Gasteiger partial charge in [-0.1, -0.05) is 36.4 Å². The molecule has 1 unspecified atom stereocenters. The number of benzene rings is 2. The number of ether oxygens (including phenoxy) is 2. The van der Waals surface area contributed by atoms with Crippen LogP contribution in [0, 0.1) is 0 Å². The van der Waals surface area contributed by atoms with Crippen molar-refractivity contribution < 1.29 is 19.4 Å². The second-order valence-electron chi connectivity index (χ2n) is 8.21. The molecular weight excluding hydrogens is 394 g/mol. The molecule has 31 heavy (non-hydrogen) atoms. The molecule has 0 aromatic heterocycles. The van der Waals surface area contributed by atoms with Gasteiger partial charge >= 0.3 is 6.03 Å². The standard InChI is InChI=1S/C24H31N3O4/c1-17(18-7-3-2-4-8-18)25-24(29)26-20(16-27-11-5-6-12-27)23(28)19-9-10-21-22(15-19)31-14-13-30-21/h2-4,7-10,15,17,20,23,28H,5-6,11-14,16H2,1H3,(H2,25,26,29)/t17-,20?,23-/m1/s1. The summed E-state index contributed by atoms with van der Waals surface area (Å²) < 4.78 is 11.2. The maximum Gasteiger partial charge on any atom is 0.315 e. The van der Waals surface area contributed by atoms with Crippen molar-refractivity contribution in [3.8, 4) is 11.5 Å². The van der Waals surface area contributed by atoms with E-state index in [0.29, 0.717) is 36.8 Å². The third-order valence-corrected chi connectivity index (χ3v) is 5.91. The Kier molecular flexibility index (Phi) is 6.94. The molecule has 0 spiro atoms. The molecule has 2 amide bonds. The van der Waals surface area contributed by atoms with Gasteiger partial charge in [0.2, 0.25) is 0 Å². The van der Waals surface area contributed by atoms with Gasteiger partial charge in [0.25, 0.3) is 0 Å². The molecular formula is C24H31N3O4. The van der Waals surface area contributed by atoms with Crippen LogP contribution in [0.25, 0.3) is 0 Å². The highest BCUT2D eigenvalue weighted by molar-refractivity contribution is 5.75. The molecule has 2 aromatic rings. The van der Waals surface area contributed by atoms with E-state index in [0.717, 1.165) is 31.5 Å². The van der Waals surface area contributed by atoms with Gasteiger partial charge in [-0.2, -0.15) is 0 Å². The lowest BCUT2D eigenvalue weighted by molar-refractivity contribution is 0.108. The van der Waals surface area contributed by atoms with Crippen molar-refractivity contribution in [2.24, 2.45) is 0 Å². The second kappa shape index (κ2) is 10.0. The SMILES string of the molecule is C[C@@H](NC(=O)NC(CN1CCCC1)[C@H](O)c1ccc2c(c1)OCCO2)c1ccccc1. The van der Waals surface area contributed by atoms with E-state index in [1.807, 2.05) is 55.5 Å². The predicted molar refractivity (Wildman–Crippen MR) is 118 cm³/mol. The molecule has 2 aliphatic rings. The number of amides is 2. The van der Waals surface area contributed by atoms with Crippen LogP contribution in [0.3, 0.4) is 0 Å². The van der Waals surface area contributed by atoms with Gasteiger partial charge in [0.15, 0.2) is 11.5 Å². The van der Waals surface area contributed by atoms with Crippen LogP contribution in [0.15, 0.2) is 48.5 Å². The number of aliphatic hydroxyl groups is 1. The number of urea groups is 1. The number of fused-ring (bicyclic) bond motifs is 1. The summed E-state index contributed by atoms with van der Waals surface area (Å²) in [6, 6.07) is 14.4. The minimum atomic E-state index is -0.866. The molecule has 7 heteroatoms. The van der Waals surface area contributed by atoms with Crippen molar-refractivity contribution in [1.29, 1.82) is 0 Å². The van der Waals surface area contributed by atoms with Gasteiger partial charge in [0, 0.05) is 6.54 Å². The topological polar surface area (TPSA) is 83.1 Å². The maximum absolute atomic E-state index is 12.8. The summed E-state index contributed by atoms with van der Waals surface area (Å²) in [4.78, 5) is 15.1. The van der Waals surface area contributed by atoms with Crippen molar-refractivity contribution >= 4 is 6.03 Å². The molecule has 0 bridgehead atoms. The van der Waals surface area contributed by atoms with Crippen LogP contribution in [0.1, 0.15) is 43.0 Å². The van der Waals surface area contributed by atoms with Gasteiger partial charge in [0.05, 0.1) is 12.1 Å². The average Bonchev–Trinajstić information content (AvgIpc) is 3.31. The Morgan fingerprint density at radius 2 is 1.71 bits per heavy atom. The van der Waals surface area contributed by atoms with E-state index in [4.69, 9.17) is 9.47 Å². The summed E-state index contributed by atoms with van der Waals surface area (Å²) in [5.41, 5.74) is 1.73. The van der Waals surface area contributed by atoms with E-state index in [1.54, 1.807) is 0 Å². The molecule has 2 aliphatic heterocycles. The highest BCUT2D eigenvalue weighted by Gasteiger charge is 2.28. The number of nitrogens with zero attached hydrogens (tertiary/aromatic N) is 1. The van der Waals surface area contributed by atoms with Gasteiger partial charge in [0.1, 0.15) is 19.3 Å². The summed E-state index contributed by atoms with van der Waals surface area (Å²) in [7, 11) is 0. The molecule has 166 valence electrons. The number of hydrogen-bond donors (Lipinski definition) is 3. The summed E-state index contributed by atoms with van der Waals surface area (Å²) in [6.07, 6.45) is 1.42. The lowest BCUT2D eigenvalue weighted by atomic mass is 10.0. The normalized spacial score (nSPS) is 18.8. The summed E-state index contributed by atoms with van der Waals surface area (Å²) in [5.74, 6) is 1.31. The lowest BCUT2D eigenvalue weighted by Gasteiger charge is -2.30. The van der Waals surface area contributed by atoms with E-state index in [-0.39, 0.29) is 12.1 Å². The molecule has 3 atom stereocenters. The van der Waals surface area contributed by atoms with Crippen molar-refractivity contribution in [2.75, 3.05) is 32.8 Å².